The molecule has 0 heterocycles. The number of rotatable bonds is 32. The summed E-state index contributed by atoms with van der Waals surface area (Å²) in [6, 6.07) is -13.1. The molecule has 0 aliphatic heterocycles. The highest BCUT2D eigenvalue weighted by Crippen LogP contribution is 2.09. The lowest BCUT2D eigenvalue weighted by Gasteiger charge is -2.28. The highest BCUT2D eigenvalue weighted by Gasteiger charge is 2.36. The van der Waals surface area contributed by atoms with Gasteiger partial charge in [0.05, 0.1) is 32.2 Å². The average Bonchev–Trinajstić information content (AvgIpc) is 3.23. The van der Waals surface area contributed by atoms with Gasteiger partial charge in [-0.3, -0.25) is 57.5 Å². The maximum absolute atomic E-state index is 13.4. The van der Waals surface area contributed by atoms with E-state index < -0.39 is 189 Å². The fourth-order valence-corrected chi connectivity index (χ4v) is 5.78. The van der Waals surface area contributed by atoms with Crippen LogP contribution in [0.2, 0.25) is 0 Å². The van der Waals surface area contributed by atoms with Gasteiger partial charge in [-0.05, 0) is 44.9 Å². The van der Waals surface area contributed by atoms with E-state index in [4.69, 9.17) is 15.9 Å². The van der Waals surface area contributed by atoms with Gasteiger partial charge in [0, 0.05) is 12.8 Å². The van der Waals surface area contributed by atoms with Crippen LogP contribution in [0.5, 0.6) is 0 Å². The number of amides is 9. The predicted molar refractivity (Wildman–Crippen MR) is 230 cm³/mol. The summed E-state index contributed by atoms with van der Waals surface area (Å²) in [5, 5.41) is 77.0. The Morgan fingerprint density at radius 1 is 0.485 bits per heavy atom. The van der Waals surface area contributed by atoms with Crippen molar-refractivity contribution in [3.05, 3.63) is 0 Å². The number of carboxylic acid groups (broad SMARTS) is 4. The van der Waals surface area contributed by atoms with Crippen LogP contribution in [0.1, 0.15) is 80.1 Å². The average molecular weight is 977 g/mol. The maximum Gasteiger partial charge on any atom is 0.326 e. The third-order valence-electron chi connectivity index (χ3n) is 9.42. The lowest BCUT2D eigenvalue weighted by Crippen LogP contribution is -2.61. The van der Waals surface area contributed by atoms with E-state index in [1.165, 1.54) is 20.8 Å². The Bertz CT molecular complexity index is 1840. The number of aliphatic carboxylic acids is 4. The molecule has 29 nitrogen and oxygen atoms in total. The molecular weight excluding hydrogens is 912 g/mol. The van der Waals surface area contributed by atoms with Crippen LogP contribution >= 0.6 is 0 Å². The van der Waals surface area contributed by atoms with Gasteiger partial charge in [-0.15, -0.1) is 0 Å². The van der Waals surface area contributed by atoms with Gasteiger partial charge in [0.1, 0.15) is 48.3 Å². The van der Waals surface area contributed by atoms with Crippen LogP contribution in [-0.4, -0.2) is 182 Å². The van der Waals surface area contributed by atoms with Crippen LogP contribution < -0.4 is 53.6 Å². The van der Waals surface area contributed by atoms with Crippen LogP contribution in [0, 0.1) is 11.8 Å². The zero-order valence-corrected chi connectivity index (χ0v) is 38.3. The SMILES string of the molecule is CC(C)C[C@H](NC(=O)[C@H](CC(=O)O)NC(=O)[C@H](C)NC(=O)CN)C(=O)N[C@@H](CO)C(=O)NCC(=O)N[C@H](C(=O)N[C@H](C(=O)N[C@@H](CCC(=O)O)C(=O)N[C@@H](CCC(=O)O)C(=O)O)[C@@H](C)O)C(C)C. The van der Waals surface area contributed by atoms with Gasteiger partial charge >= 0.3 is 23.9 Å². The Balaban J connectivity index is 5.94. The van der Waals surface area contributed by atoms with Crippen molar-refractivity contribution in [1.82, 2.24) is 47.9 Å². The van der Waals surface area contributed by atoms with Crippen molar-refractivity contribution >= 4 is 77.0 Å². The molecule has 0 aromatic carbocycles. The third kappa shape index (κ3) is 23.4. The fourth-order valence-electron chi connectivity index (χ4n) is 5.78. The van der Waals surface area contributed by atoms with Crippen molar-refractivity contribution in [3.63, 3.8) is 0 Å². The summed E-state index contributed by atoms with van der Waals surface area (Å²) < 4.78 is 0. The van der Waals surface area contributed by atoms with Gasteiger partial charge < -0.3 is 84.2 Å². The molecule has 0 aromatic rings. The highest BCUT2D eigenvalue weighted by atomic mass is 16.4. The van der Waals surface area contributed by atoms with Gasteiger partial charge in [0.15, 0.2) is 0 Å². The molecule has 384 valence electrons. The molecule has 9 amide bonds. The molecule has 0 fully saturated rings. The van der Waals surface area contributed by atoms with Gasteiger partial charge in [-0.25, -0.2) is 4.79 Å². The molecule has 0 saturated heterocycles. The summed E-state index contributed by atoms with van der Waals surface area (Å²) in [6.07, 6.45) is -5.33. The Kier molecular flexibility index (Phi) is 27.2. The first-order valence-corrected chi connectivity index (χ1v) is 21.1. The summed E-state index contributed by atoms with van der Waals surface area (Å²) in [5.74, 6) is -16.6. The molecule has 17 N–H and O–H groups in total. The van der Waals surface area contributed by atoms with Crippen molar-refractivity contribution in [2.45, 2.75) is 135 Å². The van der Waals surface area contributed by atoms with E-state index in [0.717, 1.165) is 6.92 Å². The van der Waals surface area contributed by atoms with Gasteiger partial charge in [-0.2, -0.15) is 0 Å². The number of carbonyl (C=O) groups excluding carboxylic acids is 9. The minimum Gasteiger partial charge on any atom is -0.481 e. The van der Waals surface area contributed by atoms with Gasteiger partial charge in [-0.1, -0.05) is 27.7 Å². The topological polar surface area (TPSA) is 478 Å². The van der Waals surface area contributed by atoms with Crippen LogP contribution in [0.25, 0.3) is 0 Å². The van der Waals surface area contributed by atoms with Crippen molar-refractivity contribution in [2.75, 3.05) is 19.7 Å². The van der Waals surface area contributed by atoms with Gasteiger partial charge in [0.2, 0.25) is 53.2 Å². The number of aliphatic hydroxyl groups is 2. The Hall–Kier alpha value is -7.01. The first-order valence-electron chi connectivity index (χ1n) is 21.1. The number of carbonyl (C=O) groups is 13. The smallest absolute Gasteiger partial charge is 0.326 e. The van der Waals surface area contributed by atoms with Crippen LogP contribution in [0.15, 0.2) is 0 Å². The molecular formula is C39H64N10O19. The third-order valence-corrected chi connectivity index (χ3v) is 9.42. The molecule has 0 aliphatic rings. The summed E-state index contributed by atoms with van der Waals surface area (Å²) in [4.78, 5) is 162. The molecule has 0 spiro atoms. The monoisotopic (exact) mass is 976 g/mol. The number of nitrogens with two attached hydrogens (primary N) is 1. The number of carboxylic acids is 4. The first kappa shape index (κ1) is 61.0. The lowest BCUT2D eigenvalue weighted by atomic mass is 10.0. The zero-order chi connectivity index (χ0) is 52.6. The summed E-state index contributed by atoms with van der Waals surface area (Å²) in [6.45, 7) is 6.14. The molecule has 68 heavy (non-hydrogen) atoms. The normalized spacial score (nSPS) is 14.9. The van der Waals surface area contributed by atoms with E-state index in [1.807, 2.05) is 5.32 Å². The Labute approximate surface area is 389 Å². The molecule has 9 atom stereocenters. The van der Waals surface area contributed by atoms with Crippen molar-refractivity contribution in [3.8, 4) is 0 Å². The predicted octanol–water partition coefficient (Wildman–Crippen LogP) is -6.68. The van der Waals surface area contributed by atoms with E-state index >= 15 is 0 Å². The summed E-state index contributed by atoms with van der Waals surface area (Å²) in [7, 11) is 0. The number of nitrogens with one attached hydrogen (secondary N) is 9. The number of aliphatic hydroxyl groups excluding tert-OH is 2. The Morgan fingerprint density at radius 2 is 0.956 bits per heavy atom. The van der Waals surface area contributed by atoms with Gasteiger partial charge in [0.25, 0.3) is 0 Å². The molecule has 0 rings (SSSR count). The zero-order valence-electron chi connectivity index (χ0n) is 38.3. The van der Waals surface area contributed by atoms with E-state index in [1.54, 1.807) is 13.8 Å². The molecule has 0 aromatic heterocycles. The molecule has 29 heteroatoms. The van der Waals surface area contributed by atoms with E-state index in [0.29, 0.717) is 0 Å². The van der Waals surface area contributed by atoms with Crippen LogP contribution in [-0.2, 0) is 62.3 Å². The second-order valence-electron chi connectivity index (χ2n) is 16.1. The number of hydrogen-bond donors (Lipinski definition) is 16. The molecule has 0 radical (unpaired) electrons. The quantitative estimate of drug-likeness (QED) is 0.0298. The van der Waals surface area contributed by atoms with E-state index in [-0.39, 0.29) is 12.3 Å². The van der Waals surface area contributed by atoms with Crippen molar-refractivity contribution in [1.29, 1.82) is 0 Å². The fraction of sp³-hybridized carbons (Fsp3) is 0.667. The second-order valence-corrected chi connectivity index (χ2v) is 16.1. The second kappa shape index (κ2) is 30.3. The minimum absolute atomic E-state index is 0.100. The van der Waals surface area contributed by atoms with Crippen LogP contribution in [0.3, 0.4) is 0 Å². The maximum atomic E-state index is 13.4. The largest absolute Gasteiger partial charge is 0.481 e. The molecule has 0 bridgehead atoms. The van der Waals surface area contributed by atoms with Crippen LogP contribution in [0.4, 0.5) is 0 Å². The minimum atomic E-state index is -1.87. The molecule has 0 aliphatic carbocycles. The highest BCUT2D eigenvalue weighted by molar-refractivity contribution is 5.98. The van der Waals surface area contributed by atoms with Crippen molar-refractivity contribution < 1.29 is 93.0 Å². The first-order chi connectivity index (χ1) is 31.5. The molecule has 0 unspecified atom stereocenters. The lowest BCUT2D eigenvalue weighted by molar-refractivity contribution is -0.144. The number of hydrogen-bond acceptors (Lipinski definition) is 16. The summed E-state index contributed by atoms with van der Waals surface area (Å²) >= 11 is 0. The van der Waals surface area contributed by atoms with E-state index in [2.05, 4.69) is 42.5 Å². The standard InChI is InChI=1S/C39H64N10O19/c1-16(2)11-22(46-36(64)23(12-29(58)59)45-32(60)18(5)42-25(52)13-40)35(63)47-24(15-50)33(61)41-14-26(53)48-30(17(3)4)37(65)49-31(19(6)51)38(66)43-20(7-9-27(54)55)34(62)44-21(39(67)68)8-10-28(56)57/h16-24,30-31,50-51H,7-15,40H2,1-6H3,(H,41,61)(H,42,52)(H,43,66)(H,44,62)(H,45,60)(H,46,64)(H,47,63)(H,48,53)(H,49,65)(H,54,55)(H,56,57)(H,58,59)(H,67,68)/t18-,19+,20-,21-,22-,23-,24-,30-,31-/m0/s1. The van der Waals surface area contributed by atoms with E-state index in [9.17, 15) is 82.8 Å². The van der Waals surface area contributed by atoms with Crippen molar-refractivity contribution in [2.24, 2.45) is 17.6 Å². The Morgan fingerprint density at radius 3 is 1.43 bits per heavy atom. The summed E-state index contributed by atoms with van der Waals surface area (Å²) in [5.41, 5.74) is 5.22. The molecule has 0 saturated carbocycles.